The molecule has 0 spiro atoms. The Morgan fingerprint density at radius 3 is 2.59 bits per heavy atom. The Kier molecular flexibility index (Phi) is 5.59. The van der Waals surface area contributed by atoms with Gasteiger partial charge in [0.1, 0.15) is 18.8 Å². The lowest BCUT2D eigenvalue weighted by Crippen LogP contribution is -2.40. The molecular formula is C16H13BrF3N5O2. The molecule has 0 unspecified atom stereocenters. The first-order chi connectivity index (χ1) is 12.8. The highest BCUT2D eigenvalue weighted by molar-refractivity contribution is 9.10. The number of aromatic nitrogens is 4. The zero-order valence-corrected chi connectivity index (χ0v) is 15.3. The van der Waals surface area contributed by atoms with E-state index in [1.807, 2.05) is 0 Å². The number of furan rings is 1. The lowest BCUT2D eigenvalue weighted by Gasteiger charge is -2.22. The monoisotopic (exact) mass is 443 g/mol. The molecule has 2 aromatic heterocycles. The van der Waals surface area contributed by atoms with Crippen LogP contribution in [0, 0.1) is 0 Å². The van der Waals surface area contributed by atoms with Crippen LogP contribution in [0.3, 0.4) is 0 Å². The van der Waals surface area contributed by atoms with E-state index < -0.39 is 25.2 Å². The average Bonchev–Trinajstić information content (AvgIpc) is 3.26. The van der Waals surface area contributed by atoms with Gasteiger partial charge >= 0.3 is 6.18 Å². The van der Waals surface area contributed by atoms with Crippen molar-refractivity contribution in [2.24, 2.45) is 0 Å². The molecule has 142 valence electrons. The second kappa shape index (κ2) is 7.91. The quantitative estimate of drug-likeness (QED) is 0.584. The highest BCUT2D eigenvalue weighted by Gasteiger charge is 2.33. The van der Waals surface area contributed by atoms with Crippen LogP contribution in [-0.4, -0.2) is 43.7 Å². The molecule has 0 aliphatic heterocycles. The molecule has 1 aromatic carbocycles. The highest BCUT2D eigenvalue weighted by Crippen LogP contribution is 2.20. The average molecular weight is 444 g/mol. The number of nitrogens with zero attached hydrogens (tertiary/aromatic N) is 5. The summed E-state index contributed by atoms with van der Waals surface area (Å²) >= 11 is 3.31. The molecule has 0 saturated carbocycles. The number of benzene rings is 1. The Balaban J connectivity index is 1.72. The largest absolute Gasteiger partial charge is 0.467 e. The van der Waals surface area contributed by atoms with Gasteiger partial charge in [0.2, 0.25) is 11.7 Å². The minimum atomic E-state index is -4.54. The zero-order valence-electron chi connectivity index (χ0n) is 13.7. The molecule has 0 aliphatic carbocycles. The number of amides is 1. The lowest BCUT2D eigenvalue weighted by atomic mass is 10.2. The Hall–Kier alpha value is -2.69. The fourth-order valence-corrected chi connectivity index (χ4v) is 2.55. The van der Waals surface area contributed by atoms with Crippen LogP contribution in [0.2, 0.25) is 0 Å². The van der Waals surface area contributed by atoms with E-state index in [0.717, 1.165) is 9.27 Å². The summed E-state index contributed by atoms with van der Waals surface area (Å²) in [4.78, 5) is 14.0. The van der Waals surface area contributed by atoms with Gasteiger partial charge in [0.15, 0.2) is 0 Å². The summed E-state index contributed by atoms with van der Waals surface area (Å²) in [6.07, 6.45) is -3.21. The summed E-state index contributed by atoms with van der Waals surface area (Å²) < 4.78 is 44.3. The molecule has 0 atom stereocenters. The molecule has 7 nitrogen and oxygen atoms in total. The van der Waals surface area contributed by atoms with Gasteiger partial charge in [-0.1, -0.05) is 15.9 Å². The molecular weight excluding hydrogens is 431 g/mol. The molecule has 11 heteroatoms. The Labute approximate surface area is 159 Å². The van der Waals surface area contributed by atoms with Crippen LogP contribution in [0.15, 0.2) is 51.6 Å². The maximum atomic E-state index is 12.8. The summed E-state index contributed by atoms with van der Waals surface area (Å²) in [7, 11) is 0. The zero-order chi connectivity index (χ0) is 19.4. The van der Waals surface area contributed by atoms with E-state index in [1.165, 1.54) is 18.4 Å². The van der Waals surface area contributed by atoms with Crippen molar-refractivity contribution in [1.29, 1.82) is 0 Å². The van der Waals surface area contributed by atoms with Gasteiger partial charge in [-0.2, -0.15) is 18.0 Å². The molecule has 3 rings (SSSR count). The predicted octanol–water partition coefficient (Wildman–Crippen LogP) is 3.29. The molecule has 0 saturated heterocycles. The van der Waals surface area contributed by atoms with Gasteiger partial charge in [-0.25, -0.2) is 0 Å². The first-order valence-corrected chi connectivity index (χ1v) is 8.50. The number of carbonyl (C=O) groups excluding carboxylic acids is 1. The number of halogens is 4. The van der Waals surface area contributed by atoms with Crippen molar-refractivity contribution in [2.45, 2.75) is 19.3 Å². The van der Waals surface area contributed by atoms with Gasteiger partial charge in [-0.3, -0.25) is 4.79 Å². The molecule has 27 heavy (non-hydrogen) atoms. The first kappa shape index (κ1) is 19.1. The van der Waals surface area contributed by atoms with Crippen molar-refractivity contribution < 1.29 is 22.4 Å². The van der Waals surface area contributed by atoms with E-state index in [1.54, 1.807) is 24.3 Å². The van der Waals surface area contributed by atoms with Crippen LogP contribution in [0.4, 0.5) is 13.2 Å². The van der Waals surface area contributed by atoms with Crippen molar-refractivity contribution in [3.8, 4) is 11.4 Å². The molecule has 0 bridgehead atoms. The number of alkyl halides is 3. The number of carbonyl (C=O) groups is 1. The molecule has 0 N–H and O–H groups in total. The molecule has 0 radical (unpaired) electrons. The second-order valence-corrected chi connectivity index (χ2v) is 6.51. The SMILES string of the molecule is O=C(Cn1nnc(-c2ccc(Br)cc2)n1)N(Cc1ccco1)CC(F)(F)F. The van der Waals surface area contributed by atoms with Gasteiger partial charge in [-0.15, -0.1) is 10.2 Å². The van der Waals surface area contributed by atoms with Crippen molar-refractivity contribution in [1.82, 2.24) is 25.1 Å². The van der Waals surface area contributed by atoms with Gasteiger partial charge in [-0.05, 0) is 41.6 Å². The molecule has 0 fully saturated rings. The van der Waals surface area contributed by atoms with Crippen LogP contribution in [0.1, 0.15) is 5.76 Å². The molecule has 1 amide bonds. The van der Waals surface area contributed by atoms with Crippen molar-refractivity contribution in [2.75, 3.05) is 6.54 Å². The number of hydrogen-bond donors (Lipinski definition) is 0. The number of rotatable bonds is 6. The minimum Gasteiger partial charge on any atom is -0.467 e. The van der Waals surface area contributed by atoms with E-state index in [2.05, 4.69) is 31.3 Å². The third-order valence-corrected chi connectivity index (χ3v) is 4.01. The third-order valence-electron chi connectivity index (χ3n) is 3.48. The summed E-state index contributed by atoms with van der Waals surface area (Å²) in [6.45, 7) is -2.18. The normalized spacial score (nSPS) is 11.6. The van der Waals surface area contributed by atoms with Crippen LogP contribution in [0.5, 0.6) is 0 Å². The fourth-order valence-electron chi connectivity index (χ4n) is 2.29. The summed E-state index contributed by atoms with van der Waals surface area (Å²) in [6, 6.07) is 10.1. The first-order valence-electron chi connectivity index (χ1n) is 7.71. The van der Waals surface area contributed by atoms with Crippen LogP contribution < -0.4 is 0 Å². The summed E-state index contributed by atoms with van der Waals surface area (Å²) in [5, 5.41) is 11.6. The smallest absolute Gasteiger partial charge is 0.406 e. The maximum Gasteiger partial charge on any atom is 0.406 e. The van der Waals surface area contributed by atoms with Gasteiger partial charge in [0.25, 0.3) is 0 Å². The molecule has 3 aromatic rings. The van der Waals surface area contributed by atoms with E-state index >= 15 is 0 Å². The van der Waals surface area contributed by atoms with Gasteiger partial charge in [0, 0.05) is 10.0 Å². The van der Waals surface area contributed by atoms with Gasteiger partial charge in [0.05, 0.1) is 12.8 Å². The van der Waals surface area contributed by atoms with Crippen molar-refractivity contribution >= 4 is 21.8 Å². The Morgan fingerprint density at radius 2 is 1.96 bits per heavy atom. The number of tetrazole rings is 1. The van der Waals surface area contributed by atoms with Crippen LogP contribution in [0.25, 0.3) is 11.4 Å². The minimum absolute atomic E-state index is 0.245. The fraction of sp³-hybridized carbons (Fsp3) is 0.250. The van der Waals surface area contributed by atoms with Crippen molar-refractivity contribution in [3.05, 3.63) is 52.9 Å². The summed E-state index contributed by atoms with van der Waals surface area (Å²) in [5.74, 6) is -0.290. The lowest BCUT2D eigenvalue weighted by molar-refractivity contribution is -0.163. The van der Waals surface area contributed by atoms with E-state index in [-0.39, 0.29) is 18.1 Å². The Bertz CT molecular complexity index is 894. The van der Waals surface area contributed by atoms with Crippen molar-refractivity contribution in [3.63, 3.8) is 0 Å². The van der Waals surface area contributed by atoms with Gasteiger partial charge < -0.3 is 9.32 Å². The third kappa shape index (κ3) is 5.39. The van der Waals surface area contributed by atoms with E-state index in [0.29, 0.717) is 10.5 Å². The topological polar surface area (TPSA) is 77.1 Å². The number of hydrogen-bond acceptors (Lipinski definition) is 5. The van der Waals surface area contributed by atoms with Crippen LogP contribution >= 0.6 is 15.9 Å². The van der Waals surface area contributed by atoms with E-state index in [4.69, 9.17) is 4.42 Å². The molecule has 2 heterocycles. The van der Waals surface area contributed by atoms with E-state index in [9.17, 15) is 18.0 Å². The summed E-state index contributed by atoms with van der Waals surface area (Å²) in [5.41, 5.74) is 0.666. The molecule has 0 aliphatic rings. The second-order valence-electron chi connectivity index (χ2n) is 5.59. The highest BCUT2D eigenvalue weighted by atomic mass is 79.9. The Morgan fingerprint density at radius 1 is 1.22 bits per heavy atom. The standard InChI is InChI=1S/C16H13BrF3N5O2/c17-12-5-3-11(4-6-12)15-21-23-25(22-15)9-14(26)24(10-16(18,19)20)8-13-2-1-7-27-13/h1-7H,8-10H2. The predicted molar refractivity (Wildman–Crippen MR) is 91.1 cm³/mol. The van der Waals surface area contributed by atoms with Crippen LogP contribution in [-0.2, 0) is 17.9 Å². The maximum absolute atomic E-state index is 12.8.